The minimum absolute atomic E-state index is 0.104. The highest BCUT2D eigenvalue weighted by molar-refractivity contribution is 5.55. The number of nitrogens with two attached hydrogens (primary N) is 1. The van der Waals surface area contributed by atoms with Crippen molar-refractivity contribution in [3.05, 3.63) is 52.6 Å². The molecule has 2 aromatic rings. The van der Waals surface area contributed by atoms with E-state index in [2.05, 4.69) is 10.3 Å². The van der Waals surface area contributed by atoms with Gasteiger partial charge in [0.15, 0.2) is 5.82 Å². The molecule has 0 atom stereocenters. The smallest absolute Gasteiger partial charge is 0.293 e. The van der Waals surface area contributed by atoms with Crippen molar-refractivity contribution in [1.82, 2.24) is 9.55 Å². The maximum Gasteiger partial charge on any atom is 0.293 e. The van der Waals surface area contributed by atoms with E-state index in [1.54, 1.807) is 17.0 Å². The molecule has 2 rings (SSSR count). The van der Waals surface area contributed by atoms with Gasteiger partial charge in [-0.3, -0.25) is 4.79 Å². The van der Waals surface area contributed by atoms with Crippen LogP contribution in [-0.2, 0) is 13.1 Å². The molecule has 100 valence electrons. The van der Waals surface area contributed by atoms with Gasteiger partial charge in [0.1, 0.15) is 0 Å². The van der Waals surface area contributed by atoms with Crippen molar-refractivity contribution in [3.63, 3.8) is 0 Å². The van der Waals surface area contributed by atoms with Crippen molar-refractivity contribution in [2.24, 2.45) is 5.73 Å². The van der Waals surface area contributed by atoms with Gasteiger partial charge < -0.3 is 15.6 Å². The van der Waals surface area contributed by atoms with Crippen LogP contribution in [0, 0.1) is 0 Å². The van der Waals surface area contributed by atoms with Crippen molar-refractivity contribution in [3.8, 4) is 0 Å². The maximum absolute atomic E-state index is 12.1. The molecule has 1 aromatic heterocycles. The molecule has 0 amide bonds. The molecule has 0 saturated carbocycles. The summed E-state index contributed by atoms with van der Waals surface area (Å²) in [5, 5.41) is 3.04. The van der Waals surface area contributed by atoms with Gasteiger partial charge in [0.05, 0.1) is 0 Å². The third-order valence-corrected chi connectivity index (χ3v) is 2.83. The fraction of sp³-hybridized carbons (Fsp3) is 0.286. The minimum Gasteiger partial charge on any atom is -0.336 e. The van der Waals surface area contributed by atoms with Crippen LogP contribution in [0.15, 0.2) is 41.5 Å². The van der Waals surface area contributed by atoms with E-state index < -0.39 is 0 Å². The van der Waals surface area contributed by atoms with E-state index >= 15 is 0 Å². The maximum atomic E-state index is 12.1. The normalized spacial score (nSPS) is 10.4. The molecule has 0 fully saturated rings. The van der Waals surface area contributed by atoms with Crippen molar-refractivity contribution < 1.29 is 0 Å². The van der Waals surface area contributed by atoms with Crippen LogP contribution in [0.5, 0.6) is 0 Å². The van der Waals surface area contributed by atoms with Crippen LogP contribution in [0.3, 0.4) is 0 Å². The number of nitrogens with zero attached hydrogens (tertiary/aromatic N) is 2. The van der Waals surface area contributed by atoms with E-state index in [1.807, 2.05) is 31.2 Å². The molecule has 0 aliphatic carbocycles. The summed E-state index contributed by atoms with van der Waals surface area (Å²) in [6, 6.07) is 7.63. The summed E-state index contributed by atoms with van der Waals surface area (Å²) in [4.78, 5) is 16.2. The second kappa shape index (κ2) is 6.15. The van der Waals surface area contributed by atoms with Crippen LogP contribution < -0.4 is 16.6 Å². The summed E-state index contributed by atoms with van der Waals surface area (Å²) in [5.74, 6) is 0.344. The van der Waals surface area contributed by atoms with Gasteiger partial charge in [0, 0.05) is 31.2 Å². The summed E-state index contributed by atoms with van der Waals surface area (Å²) in [5.41, 5.74) is 7.32. The number of benzene rings is 1. The molecule has 5 heteroatoms. The van der Waals surface area contributed by atoms with Gasteiger partial charge in [-0.2, -0.15) is 0 Å². The quantitative estimate of drug-likeness (QED) is 0.858. The Morgan fingerprint density at radius 1 is 1.32 bits per heavy atom. The first-order chi connectivity index (χ1) is 9.24. The van der Waals surface area contributed by atoms with E-state index in [-0.39, 0.29) is 5.56 Å². The number of aryl methyl sites for hydroxylation is 1. The van der Waals surface area contributed by atoms with Gasteiger partial charge in [-0.15, -0.1) is 0 Å². The molecule has 0 unspecified atom stereocenters. The summed E-state index contributed by atoms with van der Waals surface area (Å²) in [6.45, 7) is 3.24. The topological polar surface area (TPSA) is 72.9 Å². The Kier molecular flexibility index (Phi) is 4.30. The molecule has 0 aliphatic rings. The Labute approximate surface area is 112 Å². The highest BCUT2D eigenvalue weighted by Gasteiger charge is 2.04. The number of anilines is 2. The Balaban J connectivity index is 2.22. The third kappa shape index (κ3) is 3.20. The molecule has 1 heterocycles. The van der Waals surface area contributed by atoms with Crippen LogP contribution in [-0.4, -0.2) is 9.55 Å². The van der Waals surface area contributed by atoms with Gasteiger partial charge in [-0.1, -0.05) is 19.1 Å². The van der Waals surface area contributed by atoms with Gasteiger partial charge in [-0.05, 0) is 24.1 Å². The summed E-state index contributed by atoms with van der Waals surface area (Å²) >= 11 is 0. The standard InChI is InChI=1S/C14H18N4O/c1-2-8-18-9-7-16-13(14(18)19)17-12-5-3-11(10-15)4-6-12/h3-7,9H,2,8,10,15H2,1H3,(H,16,17). The van der Waals surface area contributed by atoms with Crippen molar-refractivity contribution in [1.29, 1.82) is 0 Å². The summed E-state index contributed by atoms with van der Waals surface area (Å²) < 4.78 is 1.66. The number of hydrogen-bond acceptors (Lipinski definition) is 4. The highest BCUT2D eigenvalue weighted by Crippen LogP contribution is 2.12. The summed E-state index contributed by atoms with van der Waals surface area (Å²) in [7, 11) is 0. The third-order valence-electron chi connectivity index (χ3n) is 2.83. The number of aromatic nitrogens is 2. The zero-order chi connectivity index (χ0) is 13.7. The van der Waals surface area contributed by atoms with Crippen LogP contribution >= 0.6 is 0 Å². The van der Waals surface area contributed by atoms with Crippen molar-refractivity contribution >= 4 is 11.5 Å². The molecule has 0 spiro atoms. The zero-order valence-electron chi connectivity index (χ0n) is 11.0. The fourth-order valence-corrected chi connectivity index (χ4v) is 1.81. The summed E-state index contributed by atoms with van der Waals surface area (Å²) in [6.07, 6.45) is 4.25. The van der Waals surface area contributed by atoms with Crippen LogP contribution in [0.2, 0.25) is 0 Å². The number of nitrogens with one attached hydrogen (secondary N) is 1. The lowest BCUT2D eigenvalue weighted by molar-refractivity contribution is 0.650. The number of hydrogen-bond donors (Lipinski definition) is 2. The average molecular weight is 258 g/mol. The molecule has 0 saturated heterocycles. The molecule has 3 N–H and O–H groups in total. The second-order valence-electron chi connectivity index (χ2n) is 4.30. The van der Waals surface area contributed by atoms with Crippen LogP contribution in [0.25, 0.3) is 0 Å². The Hall–Kier alpha value is -2.14. The monoisotopic (exact) mass is 258 g/mol. The highest BCUT2D eigenvalue weighted by atomic mass is 16.1. The van der Waals surface area contributed by atoms with Crippen molar-refractivity contribution in [2.45, 2.75) is 26.4 Å². The molecular weight excluding hydrogens is 240 g/mol. The first kappa shape index (κ1) is 13.3. The largest absolute Gasteiger partial charge is 0.336 e. The minimum atomic E-state index is -0.104. The molecule has 19 heavy (non-hydrogen) atoms. The lowest BCUT2D eigenvalue weighted by Gasteiger charge is -2.08. The predicted octanol–water partition coefficient (Wildman–Crippen LogP) is 1.86. The molecule has 5 nitrogen and oxygen atoms in total. The lowest BCUT2D eigenvalue weighted by Crippen LogP contribution is -2.23. The van der Waals surface area contributed by atoms with Gasteiger partial charge >= 0.3 is 0 Å². The lowest BCUT2D eigenvalue weighted by atomic mass is 10.2. The van der Waals surface area contributed by atoms with Gasteiger partial charge in [0.25, 0.3) is 5.56 Å². The zero-order valence-corrected chi connectivity index (χ0v) is 11.0. The average Bonchev–Trinajstić information content (AvgIpc) is 2.44. The van der Waals surface area contributed by atoms with E-state index in [4.69, 9.17) is 5.73 Å². The molecule has 1 aromatic carbocycles. The first-order valence-electron chi connectivity index (χ1n) is 6.36. The first-order valence-corrected chi connectivity index (χ1v) is 6.36. The van der Waals surface area contributed by atoms with E-state index in [0.717, 1.165) is 17.7 Å². The molecular formula is C14H18N4O. The molecule has 0 bridgehead atoms. The van der Waals surface area contributed by atoms with Crippen LogP contribution in [0.1, 0.15) is 18.9 Å². The van der Waals surface area contributed by atoms with Crippen molar-refractivity contribution in [2.75, 3.05) is 5.32 Å². The van der Waals surface area contributed by atoms with E-state index in [0.29, 0.717) is 18.9 Å². The SMILES string of the molecule is CCCn1ccnc(Nc2ccc(CN)cc2)c1=O. The van der Waals surface area contributed by atoms with E-state index in [9.17, 15) is 4.79 Å². The van der Waals surface area contributed by atoms with Gasteiger partial charge in [0.2, 0.25) is 0 Å². The Morgan fingerprint density at radius 2 is 2.05 bits per heavy atom. The van der Waals surface area contributed by atoms with Gasteiger partial charge in [-0.25, -0.2) is 4.98 Å². The second-order valence-corrected chi connectivity index (χ2v) is 4.30. The fourth-order valence-electron chi connectivity index (χ4n) is 1.81. The van der Waals surface area contributed by atoms with E-state index in [1.165, 1.54) is 0 Å². The Bertz CT molecular complexity index is 589. The molecule has 0 aliphatic heterocycles. The van der Waals surface area contributed by atoms with Crippen LogP contribution in [0.4, 0.5) is 11.5 Å². The number of rotatable bonds is 5. The Morgan fingerprint density at radius 3 is 2.68 bits per heavy atom. The molecule has 0 radical (unpaired) electrons. The predicted molar refractivity (Wildman–Crippen MR) is 76.4 cm³/mol.